The van der Waals surface area contributed by atoms with E-state index in [1.807, 2.05) is 0 Å². The van der Waals surface area contributed by atoms with Gasteiger partial charge in [0.25, 0.3) is 0 Å². The average molecular weight is 282 g/mol. The SMILES string of the molecule is CC(C)C[C@H]1CCCN(C(=O)C2(CN)CCOCC2)C1. The van der Waals surface area contributed by atoms with Gasteiger partial charge in [0.2, 0.25) is 5.91 Å². The maximum Gasteiger partial charge on any atom is 0.230 e. The molecular weight excluding hydrogens is 252 g/mol. The number of likely N-dealkylation sites (tertiary alicyclic amines) is 1. The van der Waals surface area contributed by atoms with Gasteiger partial charge in [0, 0.05) is 32.8 Å². The van der Waals surface area contributed by atoms with Crippen LogP contribution in [0.1, 0.15) is 46.0 Å². The number of amides is 1. The van der Waals surface area contributed by atoms with Gasteiger partial charge in [-0.1, -0.05) is 13.8 Å². The van der Waals surface area contributed by atoms with Gasteiger partial charge in [0.15, 0.2) is 0 Å². The lowest BCUT2D eigenvalue weighted by Gasteiger charge is -2.42. The Labute approximate surface area is 123 Å². The van der Waals surface area contributed by atoms with E-state index in [1.54, 1.807) is 0 Å². The summed E-state index contributed by atoms with van der Waals surface area (Å²) in [6.07, 6.45) is 5.20. The van der Waals surface area contributed by atoms with Gasteiger partial charge in [-0.05, 0) is 43.9 Å². The van der Waals surface area contributed by atoms with E-state index in [0.717, 1.165) is 32.4 Å². The molecule has 0 spiro atoms. The second-order valence-electron chi connectivity index (χ2n) is 6.99. The van der Waals surface area contributed by atoms with Gasteiger partial charge < -0.3 is 15.4 Å². The van der Waals surface area contributed by atoms with Crippen LogP contribution < -0.4 is 5.73 Å². The molecule has 2 aliphatic rings. The molecule has 0 unspecified atom stereocenters. The van der Waals surface area contributed by atoms with Crippen molar-refractivity contribution < 1.29 is 9.53 Å². The summed E-state index contributed by atoms with van der Waals surface area (Å²) >= 11 is 0. The smallest absolute Gasteiger partial charge is 0.230 e. The van der Waals surface area contributed by atoms with Gasteiger partial charge in [-0.25, -0.2) is 0 Å². The van der Waals surface area contributed by atoms with Crippen LogP contribution in [0.5, 0.6) is 0 Å². The summed E-state index contributed by atoms with van der Waals surface area (Å²) in [5, 5.41) is 0. The molecule has 0 radical (unpaired) electrons. The number of hydrogen-bond donors (Lipinski definition) is 1. The Bertz CT molecular complexity index is 324. The Morgan fingerprint density at radius 3 is 2.70 bits per heavy atom. The molecule has 116 valence electrons. The van der Waals surface area contributed by atoms with E-state index in [9.17, 15) is 4.79 Å². The first-order valence-electron chi connectivity index (χ1n) is 8.14. The van der Waals surface area contributed by atoms with Crippen LogP contribution in [0.4, 0.5) is 0 Å². The lowest BCUT2D eigenvalue weighted by molar-refractivity contribution is -0.149. The first-order valence-corrected chi connectivity index (χ1v) is 8.14. The lowest BCUT2D eigenvalue weighted by atomic mass is 9.78. The molecule has 0 aromatic heterocycles. The number of carbonyl (C=O) groups is 1. The Balaban J connectivity index is 1.99. The fraction of sp³-hybridized carbons (Fsp3) is 0.938. The number of nitrogens with two attached hydrogens (primary N) is 1. The summed E-state index contributed by atoms with van der Waals surface area (Å²) in [5.41, 5.74) is 5.61. The van der Waals surface area contributed by atoms with E-state index in [2.05, 4.69) is 18.7 Å². The van der Waals surface area contributed by atoms with Crippen molar-refractivity contribution in [3.05, 3.63) is 0 Å². The van der Waals surface area contributed by atoms with Crippen LogP contribution in [0.3, 0.4) is 0 Å². The van der Waals surface area contributed by atoms with Crippen molar-refractivity contribution in [1.82, 2.24) is 4.90 Å². The van der Waals surface area contributed by atoms with Gasteiger partial charge >= 0.3 is 0 Å². The Kier molecular flexibility index (Phi) is 5.44. The third-order valence-corrected chi connectivity index (χ3v) is 4.91. The van der Waals surface area contributed by atoms with Crippen molar-refractivity contribution >= 4 is 5.91 Å². The number of carbonyl (C=O) groups excluding carboxylic acids is 1. The van der Waals surface area contributed by atoms with Gasteiger partial charge in [-0.3, -0.25) is 4.79 Å². The Hall–Kier alpha value is -0.610. The fourth-order valence-electron chi connectivity index (χ4n) is 3.71. The van der Waals surface area contributed by atoms with E-state index in [4.69, 9.17) is 10.5 Å². The van der Waals surface area contributed by atoms with Crippen LogP contribution in [0.25, 0.3) is 0 Å². The molecule has 2 saturated heterocycles. The molecule has 2 fully saturated rings. The van der Waals surface area contributed by atoms with E-state index in [-0.39, 0.29) is 11.3 Å². The molecule has 1 amide bonds. The predicted octanol–water partition coefficient (Wildman–Crippen LogP) is 2.03. The summed E-state index contributed by atoms with van der Waals surface area (Å²) in [5.74, 6) is 1.67. The minimum Gasteiger partial charge on any atom is -0.381 e. The van der Waals surface area contributed by atoms with Gasteiger partial charge in [0.1, 0.15) is 0 Å². The minimum atomic E-state index is -0.349. The second-order valence-corrected chi connectivity index (χ2v) is 6.99. The summed E-state index contributed by atoms with van der Waals surface area (Å²) in [6, 6.07) is 0. The number of piperidine rings is 1. The topological polar surface area (TPSA) is 55.6 Å². The van der Waals surface area contributed by atoms with E-state index in [0.29, 0.717) is 31.6 Å². The molecule has 0 aliphatic carbocycles. The van der Waals surface area contributed by atoms with E-state index < -0.39 is 0 Å². The summed E-state index contributed by atoms with van der Waals surface area (Å²) < 4.78 is 5.41. The van der Waals surface area contributed by atoms with Crippen molar-refractivity contribution in [2.24, 2.45) is 23.0 Å². The molecule has 0 bridgehead atoms. The highest BCUT2D eigenvalue weighted by atomic mass is 16.5. The standard InChI is InChI=1S/C16H30N2O2/c1-13(2)10-14-4-3-7-18(11-14)15(19)16(12-17)5-8-20-9-6-16/h13-14H,3-12,17H2,1-2H3/t14-/m1/s1. The Morgan fingerprint density at radius 2 is 2.10 bits per heavy atom. The molecule has 1 atom stereocenters. The Morgan fingerprint density at radius 1 is 1.40 bits per heavy atom. The second kappa shape index (κ2) is 6.90. The normalized spacial score (nSPS) is 26.8. The number of nitrogens with zero attached hydrogens (tertiary/aromatic N) is 1. The summed E-state index contributed by atoms with van der Waals surface area (Å²) in [6.45, 7) is 8.18. The molecule has 4 heteroatoms. The molecule has 0 saturated carbocycles. The third-order valence-electron chi connectivity index (χ3n) is 4.91. The zero-order valence-electron chi connectivity index (χ0n) is 13.1. The van der Waals surface area contributed by atoms with Gasteiger partial charge in [-0.15, -0.1) is 0 Å². The monoisotopic (exact) mass is 282 g/mol. The molecule has 0 aromatic rings. The summed E-state index contributed by atoms with van der Waals surface area (Å²) in [7, 11) is 0. The first kappa shape index (κ1) is 15.8. The predicted molar refractivity (Wildman–Crippen MR) is 80.3 cm³/mol. The van der Waals surface area contributed by atoms with Crippen LogP contribution in [0.15, 0.2) is 0 Å². The number of rotatable bonds is 4. The highest BCUT2D eigenvalue weighted by molar-refractivity contribution is 5.83. The molecule has 2 rings (SSSR count). The van der Waals surface area contributed by atoms with Crippen molar-refractivity contribution in [3.63, 3.8) is 0 Å². The van der Waals surface area contributed by atoms with Crippen LogP contribution in [-0.4, -0.2) is 43.7 Å². The van der Waals surface area contributed by atoms with E-state index >= 15 is 0 Å². The van der Waals surface area contributed by atoms with Crippen LogP contribution in [0.2, 0.25) is 0 Å². The highest BCUT2D eigenvalue weighted by Crippen LogP contribution is 2.34. The average Bonchev–Trinajstić information content (AvgIpc) is 2.47. The summed E-state index contributed by atoms with van der Waals surface area (Å²) in [4.78, 5) is 15.0. The van der Waals surface area contributed by atoms with Gasteiger partial charge in [0.05, 0.1) is 5.41 Å². The highest BCUT2D eigenvalue weighted by Gasteiger charge is 2.42. The van der Waals surface area contributed by atoms with E-state index in [1.165, 1.54) is 12.8 Å². The van der Waals surface area contributed by atoms with Crippen molar-refractivity contribution in [1.29, 1.82) is 0 Å². The zero-order chi connectivity index (χ0) is 14.6. The molecular formula is C16H30N2O2. The molecule has 4 nitrogen and oxygen atoms in total. The quantitative estimate of drug-likeness (QED) is 0.858. The maximum absolute atomic E-state index is 12.9. The van der Waals surface area contributed by atoms with Crippen molar-refractivity contribution in [2.45, 2.75) is 46.0 Å². The van der Waals surface area contributed by atoms with Crippen molar-refractivity contribution in [2.75, 3.05) is 32.8 Å². The van der Waals surface area contributed by atoms with Crippen LogP contribution in [-0.2, 0) is 9.53 Å². The molecule has 2 N–H and O–H groups in total. The molecule has 20 heavy (non-hydrogen) atoms. The fourth-order valence-corrected chi connectivity index (χ4v) is 3.71. The molecule has 2 heterocycles. The van der Waals surface area contributed by atoms with Gasteiger partial charge in [-0.2, -0.15) is 0 Å². The molecule has 2 aliphatic heterocycles. The third kappa shape index (κ3) is 3.53. The number of ether oxygens (including phenoxy) is 1. The number of hydrogen-bond acceptors (Lipinski definition) is 3. The zero-order valence-corrected chi connectivity index (χ0v) is 13.1. The largest absolute Gasteiger partial charge is 0.381 e. The first-order chi connectivity index (χ1) is 9.57. The van der Waals surface area contributed by atoms with Crippen LogP contribution >= 0.6 is 0 Å². The molecule has 0 aromatic carbocycles. The lowest BCUT2D eigenvalue weighted by Crippen LogP contribution is -2.53. The van der Waals surface area contributed by atoms with Crippen molar-refractivity contribution in [3.8, 4) is 0 Å². The maximum atomic E-state index is 12.9. The minimum absolute atomic E-state index is 0.289. The van der Waals surface area contributed by atoms with Crippen LogP contribution in [0, 0.1) is 17.3 Å².